The molecule has 0 saturated carbocycles. The smallest absolute Gasteiger partial charge is 0.129 e. The van der Waals surface area contributed by atoms with Crippen molar-refractivity contribution in [1.29, 1.82) is 5.26 Å². The third kappa shape index (κ3) is 2.46. The number of hydrogen-bond acceptors (Lipinski definition) is 5. The average molecular weight is 236 g/mol. The van der Waals surface area contributed by atoms with E-state index in [-0.39, 0.29) is 0 Å². The molecule has 2 heterocycles. The quantitative estimate of drug-likeness (QED) is 0.820. The van der Waals surface area contributed by atoms with E-state index in [4.69, 9.17) is 11.0 Å². The van der Waals surface area contributed by atoms with E-state index in [0.29, 0.717) is 16.6 Å². The van der Waals surface area contributed by atoms with Gasteiger partial charge in [0, 0.05) is 6.04 Å². The number of nitrogens with two attached hydrogens (primary N) is 1. The molecule has 0 aliphatic carbocycles. The summed E-state index contributed by atoms with van der Waals surface area (Å²) in [4.78, 5) is 2.94. The number of nitrogen functional groups attached to an aromatic ring is 1. The van der Waals surface area contributed by atoms with Crippen LogP contribution >= 0.6 is 11.3 Å². The average Bonchev–Trinajstić information content (AvgIpc) is 2.62. The molecule has 1 saturated heterocycles. The molecule has 1 aliphatic heterocycles. The maximum Gasteiger partial charge on any atom is 0.129 e. The van der Waals surface area contributed by atoms with E-state index in [0.717, 1.165) is 30.9 Å². The van der Waals surface area contributed by atoms with Crippen LogP contribution in [0.25, 0.3) is 0 Å². The first-order valence-electron chi connectivity index (χ1n) is 5.43. The molecule has 2 rings (SSSR count). The highest BCUT2D eigenvalue weighted by Gasteiger charge is 2.17. The van der Waals surface area contributed by atoms with E-state index in [2.05, 4.69) is 23.3 Å². The van der Waals surface area contributed by atoms with Crippen LogP contribution in [0.1, 0.15) is 17.7 Å². The van der Waals surface area contributed by atoms with Gasteiger partial charge in [-0.3, -0.25) is 0 Å². The van der Waals surface area contributed by atoms with Gasteiger partial charge in [0.2, 0.25) is 0 Å². The lowest BCUT2D eigenvalue weighted by Crippen LogP contribution is -2.36. The van der Waals surface area contributed by atoms with Gasteiger partial charge in [-0.1, -0.05) is 0 Å². The van der Waals surface area contributed by atoms with Gasteiger partial charge in [0.15, 0.2) is 0 Å². The second-order valence-electron chi connectivity index (χ2n) is 4.23. The molecule has 16 heavy (non-hydrogen) atoms. The Hall–Kier alpha value is -1.25. The largest absolute Gasteiger partial charge is 0.397 e. The van der Waals surface area contributed by atoms with Crippen LogP contribution in [0.15, 0.2) is 6.07 Å². The SMILES string of the molecule is CN1CCC(Nc2cc(N)c(C#N)s2)CC1. The third-order valence-electron chi connectivity index (χ3n) is 2.93. The lowest BCUT2D eigenvalue weighted by Gasteiger charge is -2.29. The van der Waals surface area contributed by atoms with Gasteiger partial charge in [0.25, 0.3) is 0 Å². The number of anilines is 2. The summed E-state index contributed by atoms with van der Waals surface area (Å²) in [7, 11) is 2.15. The summed E-state index contributed by atoms with van der Waals surface area (Å²) in [5.74, 6) is 0. The predicted molar refractivity (Wildman–Crippen MR) is 67.6 cm³/mol. The zero-order valence-electron chi connectivity index (χ0n) is 9.36. The summed E-state index contributed by atoms with van der Waals surface area (Å²) in [5, 5.41) is 13.3. The minimum Gasteiger partial charge on any atom is -0.397 e. The van der Waals surface area contributed by atoms with Crippen LogP contribution in [0, 0.1) is 11.3 Å². The molecule has 0 atom stereocenters. The first kappa shape index (κ1) is 11.2. The number of nitriles is 1. The van der Waals surface area contributed by atoms with Gasteiger partial charge in [-0.05, 0) is 39.0 Å². The van der Waals surface area contributed by atoms with Crippen molar-refractivity contribution in [1.82, 2.24) is 4.90 Å². The number of nitrogens with zero attached hydrogens (tertiary/aromatic N) is 2. The lowest BCUT2D eigenvalue weighted by molar-refractivity contribution is 0.264. The van der Waals surface area contributed by atoms with E-state index in [1.54, 1.807) is 0 Å². The van der Waals surface area contributed by atoms with Crippen LogP contribution in [0.4, 0.5) is 10.7 Å². The molecule has 1 aromatic rings. The Morgan fingerprint density at radius 2 is 2.25 bits per heavy atom. The minimum absolute atomic E-state index is 0.515. The van der Waals surface area contributed by atoms with Gasteiger partial charge in [0.1, 0.15) is 10.9 Å². The third-order valence-corrected chi connectivity index (χ3v) is 3.91. The van der Waals surface area contributed by atoms with E-state index >= 15 is 0 Å². The van der Waals surface area contributed by atoms with Crippen LogP contribution in [0.2, 0.25) is 0 Å². The molecule has 0 radical (unpaired) electrons. The standard InChI is InChI=1S/C11H16N4S/c1-15-4-2-8(3-5-15)14-11-6-9(13)10(7-12)16-11/h6,8,14H,2-5,13H2,1H3. The molecule has 0 amide bonds. The normalized spacial score (nSPS) is 18.2. The topological polar surface area (TPSA) is 65.1 Å². The summed E-state index contributed by atoms with van der Waals surface area (Å²) in [6, 6.07) is 4.48. The second-order valence-corrected chi connectivity index (χ2v) is 5.28. The van der Waals surface area contributed by atoms with Gasteiger partial charge in [0.05, 0.1) is 10.7 Å². The Morgan fingerprint density at radius 3 is 2.81 bits per heavy atom. The highest BCUT2D eigenvalue weighted by atomic mass is 32.1. The van der Waals surface area contributed by atoms with Crippen molar-refractivity contribution in [2.75, 3.05) is 31.2 Å². The van der Waals surface area contributed by atoms with Crippen molar-refractivity contribution in [3.63, 3.8) is 0 Å². The number of likely N-dealkylation sites (tertiary alicyclic amines) is 1. The molecule has 5 heteroatoms. The first-order chi connectivity index (χ1) is 7.69. The zero-order valence-corrected chi connectivity index (χ0v) is 10.2. The van der Waals surface area contributed by atoms with Crippen LogP contribution in [-0.4, -0.2) is 31.1 Å². The number of rotatable bonds is 2. The molecule has 0 unspecified atom stereocenters. The van der Waals surface area contributed by atoms with Crippen molar-refractivity contribution in [3.8, 4) is 6.07 Å². The Kier molecular flexibility index (Phi) is 3.32. The number of hydrogen-bond donors (Lipinski definition) is 2. The van der Waals surface area contributed by atoms with Gasteiger partial charge in [-0.2, -0.15) is 5.26 Å². The summed E-state index contributed by atoms with van der Waals surface area (Å²) < 4.78 is 0. The molecular formula is C11H16N4S. The number of thiophene rings is 1. The maximum atomic E-state index is 8.82. The van der Waals surface area contributed by atoms with Crippen molar-refractivity contribution >= 4 is 22.0 Å². The molecule has 0 bridgehead atoms. The molecule has 0 aromatic carbocycles. The fourth-order valence-electron chi connectivity index (χ4n) is 1.92. The van der Waals surface area contributed by atoms with Gasteiger partial charge in [-0.25, -0.2) is 0 Å². The van der Waals surface area contributed by atoms with Crippen molar-refractivity contribution in [2.24, 2.45) is 0 Å². The van der Waals surface area contributed by atoms with E-state index in [1.807, 2.05) is 6.07 Å². The Labute approximate surface area is 99.7 Å². The minimum atomic E-state index is 0.515. The summed E-state index contributed by atoms with van der Waals surface area (Å²) in [6.07, 6.45) is 2.30. The lowest BCUT2D eigenvalue weighted by atomic mass is 10.1. The van der Waals surface area contributed by atoms with Gasteiger partial charge >= 0.3 is 0 Å². The van der Waals surface area contributed by atoms with E-state index in [1.165, 1.54) is 11.3 Å². The highest BCUT2D eigenvalue weighted by molar-refractivity contribution is 7.17. The van der Waals surface area contributed by atoms with Crippen molar-refractivity contribution in [3.05, 3.63) is 10.9 Å². The van der Waals surface area contributed by atoms with Gasteiger partial charge < -0.3 is 16.0 Å². The Morgan fingerprint density at radius 1 is 1.56 bits per heavy atom. The molecule has 1 fully saturated rings. The van der Waals surface area contributed by atoms with Crippen LogP contribution in [-0.2, 0) is 0 Å². The van der Waals surface area contributed by atoms with Crippen molar-refractivity contribution in [2.45, 2.75) is 18.9 Å². The Balaban J connectivity index is 1.96. The fraction of sp³-hybridized carbons (Fsp3) is 0.545. The zero-order chi connectivity index (χ0) is 11.5. The maximum absolute atomic E-state index is 8.82. The molecule has 0 spiro atoms. The molecule has 3 N–H and O–H groups in total. The molecule has 1 aromatic heterocycles. The van der Waals surface area contributed by atoms with Crippen LogP contribution in [0.3, 0.4) is 0 Å². The first-order valence-corrected chi connectivity index (χ1v) is 6.25. The second kappa shape index (κ2) is 4.73. The van der Waals surface area contributed by atoms with Crippen LogP contribution < -0.4 is 11.1 Å². The van der Waals surface area contributed by atoms with Gasteiger partial charge in [-0.15, -0.1) is 11.3 Å². The summed E-state index contributed by atoms with van der Waals surface area (Å²) in [6.45, 7) is 2.26. The molecule has 4 nitrogen and oxygen atoms in total. The predicted octanol–water partition coefficient (Wildman–Crippen LogP) is 1.71. The van der Waals surface area contributed by atoms with Crippen LogP contribution in [0.5, 0.6) is 0 Å². The molecule has 1 aliphatic rings. The summed E-state index contributed by atoms with van der Waals surface area (Å²) >= 11 is 1.44. The summed E-state index contributed by atoms with van der Waals surface area (Å²) in [5.41, 5.74) is 6.30. The van der Waals surface area contributed by atoms with Crippen molar-refractivity contribution < 1.29 is 0 Å². The Bertz CT molecular complexity index is 399. The molecular weight excluding hydrogens is 220 g/mol. The highest BCUT2D eigenvalue weighted by Crippen LogP contribution is 2.29. The monoisotopic (exact) mass is 236 g/mol. The van der Waals surface area contributed by atoms with E-state index in [9.17, 15) is 0 Å². The fourth-order valence-corrected chi connectivity index (χ4v) is 2.77. The molecule has 86 valence electrons. The number of nitrogens with one attached hydrogen (secondary N) is 1. The van der Waals surface area contributed by atoms with E-state index < -0.39 is 0 Å². The number of piperidine rings is 1.